The number of benzene rings is 2. The Morgan fingerprint density at radius 3 is 2.42 bits per heavy atom. The van der Waals surface area contributed by atoms with Crippen LogP contribution in [0.5, 0.6) is 0 Å². The number of rotatable bonds is 7. The number of carbonyl (C=O) groups is 1. The van der Waals surface area contributed by atoms with Crippen LogP contribution in [0, 0.1) is 20.8 Å². The van der Waals surface area contributed by atoms with Gasteiger partial charge >= 0.3 is 0 Å². The van der Waals surface area contributed by atoms with Crippen LogP contribution in [0.4, 0.5) is 0 Å². The fraction of sp³-hybridized carbons (Fsp3) is 0.350. The second-order valence-corrected chi connectivity index (χ2v) is 6.00. The molecule has 0 aliphatic heterocycles. The number of hydrogen-bond acceptors (Lipinski definition) is 3. The normalized spacial score (nSPS) is 12.0. The highest BCUT2D eigenvalue weighted by molar-refractivity contribution is 5.94. The number of amides is 1. The van der Waals surface area contributed by atoms with Crippen LogP contribution in [0.25, 0.3) is 0 Å². The third-order valence-corrected chi connectivity index (χ3v) is 4.08. The van der Waals surface area contributed by atoms with Crippen molar-refractivity contribution >= 4 is 5.91 Å². The van der Waals surface area contributed by atoms with Crippen molar-refractivity contribution in [3.63, 3.8) is 0 Å². The SMILES string of the molecule is Cc1ccc(C(CNC(=O)c2ccc(C)c(C)c2)OCCO)cc1. The highest BCUT2D eigenvalue weighted by atomic mass is 16.5. The van der Waals surface area contributed by atoms with Gasteiger partial charge in [0, 0.05) is 12.1 Å². The number of ether oxygens (including phenoxy) is 1. The summed E-state index contributed by atoms with van der Waals surface area (Å²) in [7, 11) is 0. The summed E-state index contributed by atoms with van der Waals surface area (Å²) in [5.74, 6) is -0.122. The summed E-state index contributed by atoms with van der Waals surface area (Å²) < 4.78 is 5.68. The highest BCUT2D eigenvalue weighted by Gasteiger charge is 2.14. The van der Waals surface area contributed by atoms with Gasteiger partial charge in [-0.1, -0.05) is 35.9 Å². The zero-order valence-corrected chi connectivity index (χ0v) is 14.5. The van der Waals surface area contributed by atoms with Crippen molar-refractivity contribution < 1.29 is 14.6 Å². The van der Waals surface area contributed by atoms with Crippen LogP contribution in [0.1, 0.15) is 38.7 Å². The summed E-state index contributed by atoms with van der Waals surface area (Å²) >= 11 is 0. The lowest BCUT2D eigenvalue weighted by molar-refractivity contribution is 0.0277. The van der Waals surface area contributed by atoms with Gasteiger partial charge in [-0.3, -0.25) is 4.79 Å². The molecule has 2 aromatic rings. The van der Waals surface area contributed by atoms with E-state index in [1.807, 2.05) is 63.2 Å². The zero-order valence-electron chi connectivity index (χ0n) is 14.5. The maximum atomic E-state index is 12.4. The van der Waals surface area contributed by atoms with Crippen molar-refractivity contribution in [1.29, 1.82) is 0 Å². The largest absolute Gasteiger partial charge is 0.394 e. The minimum Gasteiger partial charge on any atom is -0.394 e. The summed E-state index contributed by atoms with van der Waals surface area (Å²) in [6.07, 6.45) is -0.284. The lowest BCUT2D eigenvalue weighted by Crippen LogP contribution is -2.30. The molecule has 0 saturated heterocycles. The van der Waals surface area contributed by atoms with Crippen LogP contribution in [0.3, 0.4) is 0 Å². The number of hydrogen-bond donors (Lipinski definition) is 2. The van der Waals surface area contributed by atoms with Gasteiger partial charge in [0.1, 0.15) is 0 Å². The second kappa shape index (κ2) is 8.62. The topological polar surface area (TPSA) is 58.6 Å². The summed E-state index contributed by atoms with van der Waals surface area (Å²) in [6.45, 7) is 6.58. The standard InChI is InChI=1S/C20H25NO3/c1-14-4-7-17(8-5-14)19(24-11-10-22)13-21-20(23)18-9-6-15(2)16(3)12-18/h4-9,12,19,22H,10-11,13H2,1-3H3,(H,21,23). The van der Waals surface area contributed by atoms with Gasteiger partial charge in [0.25, 0.3) is 5.91 Å². The van der Waals surface area contributed by atoms with Crippen molar-refractivity contribution in [2.75, 3.05) is 19.8 Å². The van der Waals surface area contributed by atoms with E-state index in [-0.39, 0.29) is 25.2 Å². The van der Waals surface area contributed by atoms with Gasteiger partial charge in [-0.05, 0) is 49.6 Å². The fourth-order valence-electron chi connectivity index (χ4n) is 2.42. The number of aliphatic hydroxyl groups excluding tert-OH is 1. The molecule has 2 rings (SSSR count). The molecule has 4 nitrogen and oxygen atoms in total. The Balaban J connectivity index is 2.04. The molecule has 0 radical (unpaired) electrons. The van der Waals surface area contributed by atoms with Gasteiger partial charge in [-0.2, -0.15) is 0 Å². The quantitative estimate of drug-likeness (QED) is 0.821. The molecular weight excluding hydrogens is 302 g/mol. The first-order valence-electron chi connectivity index (χ1n) is 8.15. The molecule has 1 unspecified atom stereocenters. The fourth-order valence-corrected chi connectivity index (χ4v) is 2.42. The Kier molecular flexibility index (Phi) is 6.53. The molecule has 4 heteroatoms. The first kappa shape index (κ1) is 18.2. The summed E-state index contributed by atoms with van der Waals surface area (Å²) in [5.41, 5.74) is 5.04. The maximum absolute atomic E-state index is 12.4. The van der Waals surface area contributed by atoms with Gasteiger partial charge in [-0.15, -0.1) is 0 Å². The predicted octanol–water partition coefficient (Wildman–Crippen LogP) is 3.09. The Morgan fingerprint density at radius 2 is 1.79 bits per heavy atom. The first-order chi connectivity index (χ1) is 11.5. The lowest BCUT2D eigenvalue weighted by atomic mass is 10.1. The van der Waals surface area contributed by atoms with Crippen LogP contribution in [-0.4, -0.2) is 30.8 Å². The highest BCUT2D eigenvalue weighted by Crippen LogP contribution is 2.18. The molecule has 2 aromatic carbocycles. The zero-order chi connectivity index (χ0) is 17.5. The van der Waals surface area contributed by atoms with Crippen LogP contribution in [0.2, 0.25) is 0 Å². The Labute approximate surface area is 143 Å². The van der Waals surface area contributed by atoms with Crippen molar-refractivity contribution in [2.45, 2.75) is 26.9 Å². The minimum atomic E-state index is -0.284. The van der Waals surface area contributed by atoms with E-state index in [1.54, 1.807) is 0 Å². The van der Waals surface area contributed by atoms with Crippen LogP contribution >= 0.6 is 0 Å². The molecule has 0 aromatic heterocycles. The molecule has 2 N–H and O–H groups in total. The number of nitrogens with one attached hydrogen (secondary N) is 1. The van der Waals surface area contributed by atoms with Gasteiger partial charge in [-0.25, -0.2) is 0 Å². The molecule has 24 heavy (non-hydrogen) atoms. The predicted molar refractivity (Wildman–Crippen MR) is 95.2 cm³/mol. The molecule has 1 atom stereocenters. The monoisotopic (exact) mass is 327 g/mol. The molecule has 0 aliphatic carbocycles. The minimum absolute atomic E-state index is 0.0482. The third-order valence-electron chi connectivity index (χ3n) is 4.08. The van der Waals surface area contributed by atoms with E-state index in [2.05, 4.69) is 5.32 Å². The number of aliphatic hydroxyl groups is 1. The van der Waals surface area contributed by atoms with Crippen molar-refractivity contribution in [1.82, 2.24) is 5.32 Å². The lowest BCUT2D eigenvalue weighted by Gasteiger charge is -2.19. The molecule has 1 amide bonds. The van der Waals surface area contributed by atoms with Crippen molar-refractivity contribution in [3.05, 3.63) is 70.3 Å². The maximum Gasteiger partial charge on any atom is 0.251 e. The molecule has 0 spiro atoms. The number of carbonyl (C=O) groups excluding carboxylic acids is 1. The summed E-state index contributed by atoms with van der Waals surface area (Å²) in [6, 6.07) is 13.7. The Morgan fingerprint density at radius 1 is 1.08 bits per heavy atom. The number of aryl methyl sites for hydroxylation is 3. The molecule has 0 saturated carbocycles. The van der Waals surface area contributed by atoms with E-state index in [0.717, 1.165) is 16.7 Å². The van der Waals surface area contributed by atoms with Crippen molar-refractivity contribution in [2.24, 2.45) is 0 Å². The van der Waals surface area contributed by atoms with Crippen LogP contribution in [0.15, 0.2) is 42.5 Å². The van der Waals surface area contributed by atoms with Gasteiger partial charge in [0.2, 0.25) is 0 Å². The van der Waals surface area contributed by atoms with E-state index in [4.69, 9.17) is 9.84 Å². The molecule has 0 fully saturated rings. The average molecular weight is 327 g/mol. The van der Waals surface area contributed by atoms with Crippen LogP contribution < -0.4 is 5.32 Å². The average Bonchev–Trinajstić information content (AvgIpc) is 2.58. The molecule has 0 aliphatic rings. The van der Waals surface area contributed by atoms with Gasteiger partial charge in [0.15, 0.2) is 0 Å². The summed E-state index contributed by atoms with van der Waals surface area (Å²) in [5, 5.41) is 11.9. The van der Waals surface area contributed by atoms with Gasteiger partial charge in [0.05, 0.1) is 19.3 Å². The van der Waals surface area contributed by atoms with Crippen molar-refractivity contribution in [3.8, 4) is 0 Å². The van der Waals surface area contributed by atoms with E-state index < -0.39 is 0 Å². The Hall–Kier alpha value is -2.17. The molecule has 0 heterocycles. The van der Waals surface area contributed by atoms with Gasteiger partial charge < -0.3 is 15.2 Å². The first-order valence-corrected chi connectivity index (χ1v) is 8.15. The van der Waals surface area contributed by atoms with E-state index >= 15 is 0 Å². The molecular formula is C20H25NO3. The van der Waals surface area contributed by atoms with E-state index in [9.17, 15) is 4.79 Å². The second-order valence-electron chi connectivity index (χ2n) is 6.00. The van der Waals surface area contributed by atoms with E-state index in [0.29, 0.717) is 12.1 Å². The molecule has 128 valence electrons. The Bertz CT molecular complexity index is 680. The smallest absolute Gasteiger partial charge is 0.251 e. The molecule has 0 bridgehead atoms. The summed E-state index contributed by atoms with van der Waals surface area (Å²) in [4.78, 5) is 12.4. The van der Waals surface area contributed by atoms with E-state index in [1.165, 1.54) is 5.56 Å². The third kappa shape index (κ3) is 4.91. The van der Waals surface area contributed by atoms with Crippen LogP contribution in [-0.2, 0) is 4.74 Å².